The van der Waals surface area contributed by atoms with E-state index in [1.807, 2.05) is 0 Å². The highest BCUT2D eigenvalue weighted by Crippen LogP contribution is 2.41. The van der Waals surface area contributed by atoms with Gasteiger partial charge in [0.25, 0.3) is 0 Å². The second kappa shape index (κ2) is 12.8. The number of para-hydroxylation sites is 2. The molecule has 0 saturated carbocycles. The predicted molar refractivity (Wildman–Crippen MR) is 256 cm³/mol. The number of rotatable bonds is 4. The molecular formula is C58H36N2. The number of hydrogen-bond acceptors (Lipinski definition) is 0. The maximum absolute atomic E-state index is 2.44. The lowest BCUT2D eigenvalue weighted by atomic mass is 9.90. The fourth-order valence-electron chi connectivity index (χ4n) is 10.1. The summed E-state index contributed by atoms with van der Waals surface area (Å²) in [6.07, 6.45) is 0. The van der Waals surface area contributed by atoms with Crippen LogP contribution in [0.3, 0.4) is 0 Å². The Balaban J connectivity index is 0.958. The monoisotopic (exact) mass is 760 g/mol. The van der Waals surface area contributed by atoms with Gasteiger partial charge in [0.15, 0.2) is 0 Å². The van der Waals surface area contributed by atoms with Crippen LogP contribution in [0, 0.1) is 0 Å². The molecule has 2 aromatic heterocycles. The molecule has 0 aliphatic carbocycles. The Kier molecular flexibility index (Phi) is 7.05. The number of benzene rings is 11. The summed E-state index contributed by atoms with van der Waals surface area (Å²) in [6.45, 7) is 0. The average Bonchev–Trinajstić information content (AvgIpc) is 3.83. The molecule has 0 saturated heterocycles. The van der Waals surface area contributed by atoms with E-state index in [9.17, 15) is 0 Å². The molecule has 0 aliphatic heterocycles. The van der Waals surface area contributed by atoms with Gasteiger partial charge in [-0.2, -0.15) is 0 Å². The van der Waals surface area contributed by atoms with Crippen LogP contribution in [0.4, 0.5) is 0 Å². The Morgan fingerprint density at radius 3 is 1.45 bits per heavy atom. The van der Waals surface area contributed by atoms with E-state index in [1.54, 1.807) is 0 Å². The SMILES string of the molecule is c1cc(-c2cc3ccc4ccccc4c3c3ccccc23)cc(-n2c3ccccc3c3cc(-c4ccc5c(c4)c4ccccc4n5-c4ccc5ccccc5c4)ccc32)c1. The Hall–Kier alpha value is -7.94. The standard InChI is InChI=1S/C58H36N2/c1-2-14-39-32-45(29-26-37(39)12-1)60-55-23-10-8-20-49(55)53-35-41(28-31-57(53)60)40-27-30-56-52(34-40)48-19-7-9-22-54(48)59(56)44-16-11-15-42(33-44)51-36-43-25-24-38-13-3-4-17-46(38)58(43)50-21-6-5-18-47(50)51/h1-36H. The van der Waals surface area contributed by atoms with Gasteiger partial charge in [0.1, 0.15) is 0 Å². The van der Waals surface area contributed by atoms with Gasteiger partial charge in [0, 0.05) is 32.9 Å². The van der Waals surface area contributed by atoms with Crippen molar-refractivity contribution in [3.8, 4) is 33.6 Å². The summed E-state index contributed by atoms with van der Waals surface area (Å²) in [6, 6.07) is 80.6. The van der Waals surface area contributed by atoms with E-state index in [0.717, 1.165) is 5.69 Å². The van der Waals surface area contributed by atoms with Gasteiger partial charge in [0.05, 0.1) is 22.1 Å². The lowest BCUT2D eigenvalue weighted by Gasteiger charge is -2.15. The van der Waals surface area contributed by atoms with Crippen molar-refractivity contribution in [1.82, 2.24) is 9.13 Å². The highest BCUT2D eigenvalue weighted by molar-refractivity contribution is 6.23. The summed E-state index contributed by atoms with van der Waals surface area (Å²) in [5, 5.41) is 15.2. The van der Waals surface area contributed by atoms with E-state index in [4.69, 9.17) is 0 Å². The first-order valence-corrected chi connectivity index (χ1v) is 20.8. The maximum Gasteiger partial charge on any atom is 0.0541 e. The predicted octanol–water partition coefficient (Wildman–Crippen LogP) is 15.8. The zero-order valence-electron chi connectivity index (χ0n) is 32.7. The molecule has 13 rings (SSSR count). The molecule has 13 aromatic rings. The third-order valence-electron chi connectivity index (χ3n) is 12.8. The van der Waals surface area contributed by atoms with Gasteiger partial charge < -0.3 is 9.13 Å². The van der Waals surface area contributed by atoms with Crippen molar-refractivity contribution in [2.45, 2.75) is 0 Å². The Labute approximate surface area is 346 Å². The van der Waals surface area contributed by atoms with Crippen LogP contribution >= 0.6 is 0 Å². The summed E-state index contributed by atoms with van der Waals surface area (Å²) in [4.78, 5) is 0. The normalized spacial score (nSPS) is 12.0. The van der Waals surface area contributed by atoms with Crippen molar-refractivity contribution in [2.24, 2.45) is 0 Å². The van der Waals surface area contributed by atoms with E-state index in [1.165, 1.54) is 115 Å². The van der Waals surface area contributed by atoms with Crippen molar-refractivity contribution < 1.29 is 0 Å². The summed E-state index contributed by atoms with van der Waals surface area (Å²) in [5.41, 5.74) is 12.0. The lowest BCUT2D eigenvalue weighted by molar-refractivity contribution is 1.18. The first-order chi connectivity index (χ1) is 29.7. The molecule has 0 unspecified atom stereocenters. The van der Waals surface area contributed by atoms with Crippen LogP contribution in [0.25, 0.3) is 120 Å². The molecule has 0 aliphatic rings. The largest absolute Gasteiger partial charge is 0.309 e. The fourth-order valence-corrected chi connectivity index (χ4v) is 10.1. The second-order valence-electron chi connectivity index (χ2n) is 16.1. The fraction of sp³-hybridized carbons (Fsp3) is 0. The smallest absolute Gasteiger partial charge is 0.0541 e. The van der Waals surface area contributed by atoms with Crippen LogP contribution in [0.2, 0.25) is 0 Å². The first-order valence-electron chi connectivity index (χ1n) is 20.8. The van der Waals surface area contributed by atoms with Crippen LogP contribution < -0.4 is 0 Å². The minimum absolute atomic E-state index is 1.15. The molecule has 60 heavy (non-hydrogen) atoms. The molecule has 0 amide bonds. The maximum atomic E-state index is 2.44. The first kappa shape index (κ1) is 33.1. The van der Waals surface area contributed by atoms with Crippen LogP contribution in [0.15, 0.2) is 218 Å². The van der Waals surface area contributed by atoms with Gasteiger partial charge >= 0.3 is 0 Å². The molecular weight excluding hydrogens is 725 g/mol. The molecule has 0 fully saturated rings. The second-order valence-corrected chi connectivity index (χ2v) is 16.1. The highest BCUT2D eigenvalue weighted by Gasteiger charge is 2.18. The van der Waals surface area contributed by atoms with Crippen molar-refractivity contribution in [3.05, 3.63) is 218 Å². The molecule has 2 heteroatoms. The summed E-state index contributed by atoms with van der Waals surface area (Å²) in [5.74, 6) is 0. The Morgan fingerprint density at radius 1 is 0.233 bits per heavy atom. The minimum Gasteiger partial charge on any atom is -0.309 e. The zero-order valence-corrected chi connectivity index (χ0v) is 32.7. The molecule has 0 radical (unpaired) electrons. The molecule has 0 atom stereocenters. The topological polar surface area (TPSA) is 9.86 Å². The Bertz CT molecular complexity index is 3900. The Morgan fingerprint density at radius 2 is 0.750 bits per heavy atom. The van der Waals surface area contributed by atoms with E-state index in [-0.39, 0.29) is 0 Å². The highest BCUT2D eigenvalue weighted by atomic mass is 15.0. The molecule has 2 nitrogen and oxygen atoms in total. The zero-order chi connectivity index (χ0) is 39.3. The van der Waals surface area contributed by atoms with Crippen LogP contribution in [-0.2, 0) is 0 Å². The van der Waals surface area contributed by atoms with E-state index >= 15 is 0 Å². The van der Waals surface area contributed by atoms with Gasteiger partial charge in [-0.1, -0.05) is 152 Å². The molecule has 0 N–H and O–H groups in total. The summed E-state index contributed by atoms with van der Waals surface area (Å²) >= 11 is 0. The van der Waals surface area contributed by atoms with Crippen molar-refractivity contribution in [2.75, 3.05) is 0 Å². The van der Waals surface area contributed by atoms with Gasteiger partial charge in [0.2, 0.25) is 0 Å². The van der Waals surface area contributed by atoms with Crippen LogP contribution in [-0.4, -0.2) is 9.13 Å². The lowest BCUT2D eigenvalue weighted by Crippen LogP contribution is -1.95. The van der Waals surface area contributed by atoms with Crippen LogP contribution in [0.5, 0.6) is 0 Å². The molecule has 278 valence electrons. The molecule has 11 aromatic carbocycles. The van der Waals surface area contributed by atoms with Gasteiger partial charge in [-0.15, -0.1) is 0 Å². The minimum atomic E-state index is 1.15. The van der Waals surface area contributed by atoms with E-state index < -0.39 is 0 Å². The number of fused-ring (bicyclic) bond motifs is 12. The summed E-state index contributed by atoms with van der Waals surface area (Å²) < 4.78 is 4.85. The van der Waals surface area contributed by atoms with Gasteiger partial charge in [-0.05, 0) is 132 Å². The van der Waals surface area contributed by atoms with Gasteiger partial charge in [-0.3, -0.25) is 0 Å². The van der Waals surface area contributed by atoms with Crippen molar-refractivity contribution in [3.63, 3.8) is 0 Å². The quantitative estimate of drug-likeness (QED) is 0.158. The number of nitrogens with zero attached hydrogens (tertiary/aromatic N) is 2. The van der Waals surface area contributed by atoms with Gasteiger partial charge in [-0.25, -0.2) is 0 Å². The van der Waals surface area contributed by atoms with Crippen molar-refractivity contribution in [1.29, 1.82) is 0 Å². The third-order valence-corrected chi connectivity index (χ3v) is 12.8. The number of hydrogen-bond donors (Lipinski definition) is 0. The van der Waals surface area contributed by atoms with E-state index in [0.29, 0.717) is 0 Å². The third kappa shape index (κ3) is 4.88. The molecule has 2 heterocycles. The van der Waals surface area contributed by atoms with Crippen LogP contribution in [0.1, 0.15) is 0 Å². The van der Waals surface area contributed by atoms with E-state index in [2.05, 4.69) is 228 Å². The summed E-state index contributed by atoms with van der Waals surface area (Å²) in [7, 11) is 0. The van der Waals surface area contributed by atoms with Crippen molar-refractivity contribution >= 4 is 86.7 Å². The number of aromatic nitrogens is 2. The average molecular weight is 761 g/mol. The molecule has 0 spiro atoms. The molecule has 0 bridgehead atoms.